The van der Waals surface area contributed by atoms with Crippen molar-refractivity contribution in [1.29, 1.82) is 0 Å². The molecular weight excluding hydrogens is 504 g/mol. The van der Waals surface area contributed by atoms with Crippen LogP contribution in [0.3, 0.4) is 0 Å². The fourth-order valence-corrected chi connectivity index (χ4v) is 4.51. The standard InChI is InChI=1S/C26H26ClF2N5O3/c27-19-13-16(28)14-20(29)22(19)25(36)32-17-6-8-18(9-7-17)33-26(37)24-23(30-15-31-24)21(35)5-4-12-34-10-2-1-3-11-34/h6-9,13-15H,1-5,10-12H2,(H,30,31)(H,32,36)(H,33,37). The van der Waals surface area contributed by atoms with Gasteiger partial charge in [-0.1, -0.05) is 18.0 Å². The van der Waals surface area contributed by atoms with Gasteiger partial charge in [-0.25, -0.2) is 13.8 Å². The summed E-state index contributed by atoms with van der Waals surface area (Å²) in [5.41, 5.74) is 0.383. The molecule has 2 amide bonds. The van der Waals surface area contributed by atoms with Gasteiger partial charge in [0.1, 0.15) is 23.0 Å². The van der Waals surface area contributed by atoms with Crippen molar-refractivity contribution in [1.82, 2.24) is 14.9 Å². The number of nitrogens with one attached hydrogen (secondary N) is 3. The third-order valence-corrected chi connectivity index (χ3v) is 6.39. The number of benzene rings is 2. The molecule has 0 atom stereocenters. The van der Waals surface area contributed by atoms with Gasteiger partial charge in [-0.2, -0.15) is 0 Å². The number of halogens is 3. The minimum absolute atomic E-state index is 0.0711. The van der Waals surface area contributed by atoms with Crippen molar-refractivity contribution in [3.8, 4) is 0 Å². The van der Waals surface area contributed by atoms with Crippen molar-refractivity contribution in [2.45, 2.75) is 32.1 Å². The lowest BCUT2D eigenvalue weighted by atomic mass is 10.1. The monoisotopic (exact) mass is 529 g/mol. The van der Waals surface area contributed by atoms with Gasteiger partial charge in [-0.05, 0) is 69.2 Å². The Labute approximate surface area is 217 Å². The number of H-pyrrole nitrogens is 1. The van der Waals surface area contributed by atoms with Crippen molar-refractivity contribution in [2.24, 2.45) is 0 Å². The number of piperidine rings is 1. The summed E-state index contributed by atoms with van der Waals surface area (Å²) >= 11 is 5.80. The van der Waals surface area contributed by atoms with Crippen molar-refractivity contribution in [3.63, 3.8) is 0 Å². The summed E-state index contributed by atoms with van der Waals surface area (Å²) in [4.78, 5) is 47.0. The minimum atomic E-state index is -1.08. The van der Waals surface area contributed by atoms with Gasteiger partial charge >= 0.3 is 0 Å². The number of ketones is 1. The summed E-state index contributed by atoms with van der Waals surface area (Å²) in [6, 6.07) is 7.44. The van der Waals surface area contributed by atoms with E-state index in [0.717, 1.165) is 25.7 Å². The van der Waals surface area contributed by atoms with Crippen LogP contribution in [0.1, 0.15) is 63.4 Å². The lowest BCUT2D eigenvalue weighted by molar-refractivity contribution is 0.0951. The van der Waals surface area contributed by atoms with Crippen LogP contribution in [0.15, 0.2) is 42.7 Å². The van der Waals surface area contributed by atoms with E-state index in [4.69, 9.17) is 11.6 Å². The summed E-state index contributed by atoms with van der Waals surface area (Å²) in [6.45, 7) is 2.97. The number of aromatic nitrogens is 2. The molecule has 1 saturated heterocycles. The van der Waals surface area contributed by atoms with Crippen LogP contribution in [-0.2, 0) is 0 Å². The fourth-order valence-electron chi connectivity index (χ4n) is 4.23. The van der Waals surface area contributed by atoms with Gasteiger partial charge in [0.25, 0.3) is 11.8 Å². The maximum atomic E-state index is 14.0. The van der Waals surface area contributed by atoms with Gasteiger partial charge in [0.05, 0.1) is 16.9 Å². The Morgan fingerprint density at radius 2 is 1.62 bits per heavy atom. The Balaban J connectivity index is 1.33. The Kier molecular flexibility index (Phi) is 8.62. The van der Waals surface area contributed by atoms with E-state index in [1.165, 1.54) is 49.9 Å². The molecule has 0 radical (unpaired) electrons. The molecule has 0 aliphatic carbocycles. The molecule has 1 aromatic heterocycles. The maximum Gasteiger partial charge on any atom is 0.274 e. The molecule has 4 rings (SSSR count). The number of likely N-dealkylation sites (tertiary alicyclic amines) is 1. The Morgan fingerprint density at radius 3 is 2.27 bits per heavy atom. The van der Waals surface area contributed by atoms with Crippen molar-refractivity contribution >= 4 is 40.6 Å². The van der Waals surface area contributed by atoms with Gasteiger partial charge in [-0.15, -0.1) is 0 Å². The predicted molar refractivity (Wildman–Crippen MR) is 136 cm³/mol. The van der Waals surface area contributed by atoms with Crippen LogP contribution in [-0.4, -0.2) is 52.1 Å². The topological polar surface area (TPSA) is 107 Å². The molecule has 0 bridgehead atoms. The van der Waals surface area contributed by atoms with E-state index in [0.29, 0.717) is 30.3 Å². The molecule has 3 aromatic rings. The molecule has 37 heavy (non-hydrogen) atoms. The third kappa shape index (κ3) is 6.78. The number of amides is 2. The molecule has 2 aromatic carbocycles. The number of imidazole rings is 1. The van der Waals surface area contributed by atoms with Gasteiger partial charge in [-0.3, -0.25) is 14.4 Å². The van der Waals surface area contributed by atoms with E-state index in [1.807, 2.05) is 0 Å². The van der Waals surface area contributed by atoms with Crippen LogP contribution in [0.25, 0.3) is 0 Å². The van der Waals surface area contributed by atoms with Crippen LogP contribution < -0.4 is 10.6 Å². The summed E-state index contributed by atoms with van der Waals surface area (Å²) in [5.74, 6) is -3.55. The number of nitrogens with zero attached hydrogens (tertiary/aromatic N) is 2. The smallest absolute Gasteiger partial charge is 0.274 e. The van der Waals surface area contributed by atoms with Crippen molar-refractivity contribution in [3.05, 3.63) is 76.3 Å². The Morgan fingerprint density at radius 1 is 0.973 bits per heavy atom. The molecular formula is C26H26ClF2N5O3. The number of rotatable bonds is 9. The first-order valence-corrected chi connectivity index (χ1v) is 12.4. The highest BCUT2D eigenvalue weighted by Crippen LogP contribution is 2.23. The van der Waals surface area contributed by atoms with Crippen LogP contribution >= 0.6 is 11.6 Å². The summed E-state index contributed by atoms with van der Waals surface area (Å²) < 4.78 is 27.2. The normalized spacial score (nSPS) is 13.8. The average molecular weight is 530 g/mol. The molecule has 1 fully saturated rings. The molecule has 194 valence electrons. The summed E-state index contributed by atoms with van der Waals surface area (Å²) in [6.07, 6.45) is 5.94. The number of hydrogen-bond acceptors (Lipinski definition) is 5. The number of anilines is 2. The maximum absolute atomic E-state index is 14.0. The van der Waals surface area contributed by atoms with Crippen LogP contribution in [0.5, 0.6) is 0 Å². The van der Waals surface area contributed by atoms with Crippen LogP contribution in [0, 0.1) is 11.6 Å². The molecule has 11 heteroatoms. The van der Waals surface area contributed by atoms with Gasteiger partial charge < -0.3 is 20.5 Å². The van der Waals surface area contributed by atoms with Crippen molar-refractivity contribution < 1.29 is 23.2 Å². The highest BCUT2D eigenvalue weighted by Gasteiger charge is 2.21. The zero-order chi connectivity index (χ0) is 26.4. The zero-order valence-electron chi connectivity index (χ0n) is 20.0. The molecule has 2 heterocycles. The quantitative estimate of drug-likeness (QED) is 0.326. The number of carbonyl (C=O) groups excluding carboxylic acids is 3. The molecule has 1 aliphatic heterocycles. The van der Waals surface area contributed by atoms with E-state index in [1.54, 1.807) is 0 Å². The minimum Gasteiger partial charge on any atom is -0.340 e. The number of Topliss-reactive ketones (excluding diaryl/α,β-unsaturated/α-hetero) is 1. The summed E-state index contributed by atoms with van der Waals surface area (Å²) in [5, 5.41) is 4.80. The van der Waals surface area contributed by atoms with Gasteiger partial charge in [0, 0.05) is 23.9 Å². The number of hydrogen-bond donors (Lipinski definition) is 3. The first kappa shape index (κ1) is 26.4. The largest absolute Gasteiger partial charge is 0.340 e. The van der Waals surface area contributed by atoms with Gasteiger partial charge in [0.2, 0.25) is 0 Å². The SMILES string of the molecule is O=C(CCCN1CCCCC1)c1nc[nH]c1C(=O)Nc1ccc(NC(=O)c2c(F)cc(F)cc2Cl)cc1. The Hall–Kier alpha value is -3.63. The highest BCUT2D eigenvalue weighted by atomic mass is 35.5. The average Bonchev–Trinajstić information content (AvgIpc) is 3.36. The second kappa shape index (κ2) is 12.1. The molecule has 8 nitrogen and oxygen atoms in total. The first-order valence-electron chi connectivity index (χ1n) is 12.0. The zero-order valence-corrected chi connectivity index (χ0v) is 20.7. The second-order valence-electron chi connectivity index (χ2n) is 8.79. The number of carbonyl (C=O) groups is 3. The van der Waals surface area contributed by atoms with E-state index in [2.05, 4.69) is 25.5 Å². The Bertz CT molecular complexity index is 1270. The van der Waals surface area contributed by atoms with Crippen LogP contribution in [0.2, 0.25) is 5.02 Å². The molecule has 3 N–H and O–H groups in total. The lowest BCUT2D eigenvalue weighted by Gasteiger charge is -2.26. The molecule has 0 spiro atoms. The van der Waals surface area contributed by atoms with E-state index in [9.17, 15) is 23.2 Å². The van der Waals surface area contributed by atoms with E-state index in [-0.39, 0.29) is 22.2 Å². The number of aromatic amines is 1. The van der Waals surface area contributed by atoms with Crippen molar-refractivity contribution in [2.75, 3.05) is 30.3 Å². The lowest BCUT2D eigenvalue weighted by Crippen LogP contribution is -2.30. The molecule has 0 unspecified atom stereocenters. The third-order valence-electron chi connectivity index (χ3n) is 6.09. The van der Waals surface area contributed by atoms with E-state index >= 15 is 0 Å². The highest BCUT2D eigenvalue weighted by molar-refractivity contribution is 6.34. The van der Waals surface area contributed by atoms with Gasteiger partial charge in [0.15, 0.2) is 5.78 Å². The van der Waals surface area contributed by atoms with Crippen LogP contribution in [0.4, 0.5) is 20.2 Å². The first-order chi connectivity index (χ1) is 17.8. The van der Waals surface area contributed by atoms with E-state index < -0.39 is 29.0 Å². The predicted octanol–water partition coefficient (Wildman–Crippen LogP) is 5.29. The summed E-state index contributed by atoms with van der Waals surface area (Å²) in [7, 11) is 0. The second-order valence-corrected chi connectivity index (χ2v) is 9.19. The fraction of sp³-hybridized carbons (Fsp3) is 0.308. The molecule has 0 saturated carbocycles. The molecule has 1 aliphatic rings.